The first-order valence-corrected chi connectivity index (χ1v) is 5.91. The number of anilines is 1. The summed E-state index contributed by atoms with van der Waals surface area (Å²) in [5, 5.41) is 0.330. The van der Waals surface area contributed by atoms with Gasteiger partial charge >= 0.3 is 0 Å². The Kier molecular flexibility index (Phi) is 3.54. The Morgan fingerprint density at radius 1 is 1.59 bits per heavy atom. The van der Waals surface area contributed by atoms with E-state index in [1.165, 1.54) is 0 Å². The normalized spacial score (nSPS) is 20.4. The van der Waals surface area contributed by atoms with Crippen LogP contribution < -0.4 is 5.73 Å². The second-order valence-corrected chi connectivity index (χ2v) is 4.51. The van der Waals surface area contributed by atoms with Crippen LogP contribution in [0.1, 0.15) is 17.3 Å². The molecule has 0 saturated carbocycles. The van der Waals surface area contributed by atoms with Crippen molar-refractivity contribution in [2.24, 2.45) is 0 Å². The first kappa shape index (κ1) is 12.2. The molecule has 1 aliphatic rings. The largest absolute Gasteiger partial charge is 0.398 e. The standard InChI is InChI=1S/C12H15ClN2O2/c1-8-7-17-6-5-15(8)12(16)9-3-2-4-10(14)11(9)13/h2-4,8H,5-7,14H2,1H3/t8-/m1/s1. The molecule has 1 heterocycles. The lowest BCUT2D eigenvalue weighted by Crippen LogP contribution is -2.47. The van der Waals surface area contributed by atoms with Gasteiger partial charge in [-0.05, 0) is 19.1 Å². The minimum Gasteiger partial charge on any atom is -0.398 e. The number of benzene rings is 1. The molecule has 1 atom stereocenters. The number of rotatable bonds is 1. The number of hydrogen-bond donors (Lipinski definition) is 1. The van der Waals surface area contributed by atoms with E-state index in [0.29, 0.717) is 36.0 Å². The molecule has 0 aliphatic carbocycles. The number of ether oxygens (including phenoxy) is 1. The molecule has 1 aromatic carbocycles. The number of nitrogens with two attached hydrogens (primary N) is 1. The van der Waals surface area contributed by atoms with Crippen molar-refractivity contribution in [1.82, 2.24) is 4.90 Å². The van der Waals surface area contributed by atoms with Gasteiger partial charge in [0.05, 0.1) is 35.5 Å². The van der Waals surface area contributed by atoms with Crippen molar-refractivity contribution < 1.29 is 9.53 Å². The smallest absolute Gasteiger partial charge is 0.255 e. The van der Waals surface area contributed by atoms with Crippen molar-refractivity contribution in [2.75, 3.05) is 25.5 Å². The number of nitrogens with zero attached hydrogens (tertiary/aromatic N) is 1. The van der Waals surface area contributed by atoms with Crippen LogP contribution in [0.4, 0.5) is 5.69 Å². The van der Waals surface area contributed by atoms with E-state index < -0.39 is 0 Å². The fourth-order valence-corrected chi connectivity index (χ4v) is 2.11. The number of morpholine rings is 1. The summed E-state index contributed by atoms with van der Waals surface area (Å²) >= 11 is 6.05. The van der Waals surface area contributed by atoms with E-state index in [1.807, 2.05) is 6.92 Å². The minimum atomic E-state index is -0.0851. The molecule has 1 saturated heterocycles. The molecule has 5 heteroatoms. The van der Waals surface area contributed by atoms with Gasteiger partial charge < -0.3 is 15.4 Å². The second kappa shape index (κ2) is 4.94. The van der Waals surface area contributed by atoms with Crippen molar-refractivity contribution >= 4 is 23.2 Å². The summed E-state index contributed by atoms with van der Waals surface area (Å²) < 4.78 is 5.30. The topological polar surface area (TPSA) is 55.6 Å². The van der Waals surface area contributed by atoms with Crippen LogP contribution >= 0.6 is 11.6 Å². The molecule has 0 aromatic heterocycles. The lowest BCUT2D eigenvalue weighted by molar-refractivity contribution is 0.00361. The summed E-state index contributed by atoms with van der Waals surface area (Å²) in [4.78, 5) is 14.1. The van der Waals surface area contributed by atoms with Crippen LogP contribution in [0.2, 0.25) is 5.02 Å². The maximum Gasteiger partial charge on any atom is 0.255 e. The average molecular weight is 255 g/mol. The van der Waals surface area contributed by atoms with Crippen LogP contribution in [0.3, 0.4) is 0 Å². The first-order chi connectivity index (χ1) is 8.11. The molecule has 2 N–H and O–H groups in total. The van der Waals surface area contributed by atoms with E-state index >= 15 is 0 Å². The summed E-state index contributed by atoms with van der Waals surface area (Å²) in [6, 6.07) is 5.18. The summed E-state index contributed by atoms with van der Waals surface area (Å²) in [6.45, 7) is 3.67. The van der Waals surface area contributed by atoms with Crippen LogP contribution in [0.15, 0.2) is 18.2 Å². The van der Waals surface area contributed by atoms with Gasteiger partial charge in [-0.1, -0.05) is 17.7 Å². The molecule has 2 rings (SSSR count). The van der Waals surface area contributed by atoms with Gasteiger partial charge in [-0.25, -0.2) is 0 Å². The van der Waals surface area contributed by atoms with Crippen molar-refractivity contribution in [2.45, 2.75) is 13.0 Å². The number of amides is 1. The maximum absolute atomic E-state index is 12.3. The van der Waals surface area contributed by atoms with Crippen LogP contribution in [0.25, 0.3) is 0 Å². The first-order valence-electron chi connectivity index (χ1n) is 5.54. The highest BCUT2D eigenvalue weighted by Gasteiger charge is 2.26. The molecule has 1 aromatic rings. The predicted molar refractivity (Wildman–Crippen MR) is 67.2 cm³/mol. The van der Waals surface area contributed by atoms with E-state index in [4.69, 9.17) is 22.1 Å². The fraction of sp³-hybridized carbons (Fsp3) is 0.417. The zero-order valence-electron chi connectivity index (χ0n) is 9.65. The zero-order chi connectivity index (χ0) is 12.4. The highest BCUT2D eigenvalue weighted by Crippen LogP contribution is 2.25. The third kappa shape index (κ3) is 2.37. The second-order valence-electron chi connectivity index (χ2n) is 4.13. The van der Waals surface area contributed by atoms with Gasteiger partial charge in [-0.3, -0.25) is 4.79 Å². The Morgan fingerprint density at radius 2 is 2.35 bits per heavy atom. The number of carbonyl (C=O) groups excluding carboxylic acids is 1. The molecule has 0 bridgehead atoms. The molecule has 17 heavy (non-hydrogen) atoms. The Labute approximate surface area is 105 Å². The molecular formula is C12H15ClN2O2. The molecular weight excluding hydrogens is 240 g/mol. The molecule has 0 unspecified atom stereocenters. The summed E-state index contributed by atoms with van der Waals surface area (Å²) in [5.41, 5.74) is 6.58. The number of hydrogen-bond acceptors (Lipinski definition) is 3. The van der Waals surface area contributed by atoms with Crippen LogP contribution in [0, 0.1) is 0 Å². The predicted octanol–water partition coefficient (Wildman–Crippen LogP) is 1.78. The van der Waals surface area contributed by atoms with Gasteiger partial charge in [0.2, 0.25) is 0 Å². The number of nitrogen functional groups attached to an aromatic ring is 1. The fourth-order valence-electron chi connectivity index (χ4n) is 1.90. The quantitative estimate of drug-likeness (QED) is 0.778. The van der Waals surface area contributed by atoms with Crippen molar-refractivity contribution in [3.05, 3.63) is 28.8 Å². The van der Waals surface area contributed by atoms with Gasteiger partial charge in [-0.2, -0.15) is 0 Å². The van der Waals surface area contributed by atoms with Crippen LogP contribution in [0.5, 0.6) is 0 Å². The molecule has 0 radical (unpaired) electrons. The van der Waals surface area contributed by atoms with E-state index in [2.05, 4.69) is 0 Å². The molecule has 4 nitrogen and oxygen atoms in total. The molecule has 1 fully saturated rings. The van der Waals surface area contributed by atoms with E-state index in [0.717, 1.165) is 0 Å². The van der Waals surface area contributed by atoms with Crippen LogP contribution in [-0.4, -0.2) is 36.6 Å². The number of carbonyl (C=O) groups is 1. The van der Waals surface area contributed by atoms with Crippen molar-refractivity contribution in [3.63, 3.8) is 0 Å². The lowest BCUT2D eigenvalue weighted by atomic mass is 10.1. The van der Waals surface area contributed by atoms with Gasteiger partial charge in [0.1, 0.15) is 0 Å². The van der Waals surface area contributed by atoms with Gasteiger partial charge in [-0.15, -0.1) is 0 Å². The van der Waals surface area contributed by atoms with Crippen molar-refractivity contribution in [3.8, 4) is 0 Å². The van der Waals surface area contributed by atoms with E-state index in [9.17, 15) is 4.79 Å². The van der Waals surface area contributed by atoms with Gasteiger partial charge in [0.25, 0.3) is 5.91 Å². The zero-order valence-corrected chi connectivity index (χ0v) is 10.4. The Balaban J connectivity index is 2.27. The Hall–Kier alpha value is -1.26. The molecule has 1 aliphatic heterocycles. The summed E-state index contributed by atoms with van der Waals surface area (Å²) in [5.74, 6) is -0.0851. The highest BCUT2D eigenvalue weighted by atomic mass is 35.5. The number of halogens is 1. The molecule has 0 spiro atoms. The maximum atomic E-state index is 12.3. The lowest BCUT2D eigenvalue weighted by Gasteiger charge is -2.33. The monoisotopic (exact) mass is 254 g/mol. The van der Waals surface area contributed by atoms with E-state index in [-0.39, 0.29) is 11.9 Å². The minimum absolute atomic E-state index is 0.0637. The summed E-state index contributed by atoms with van der Waals surface area (Å²) in [7, 11) is 0. The molecule has 92 valence electrons. The van der Waals surface area contributed by atoms with Crippen molar-refractivity contribution in [1.29, 1.82) is 0 Å². The Bertz CT molecular complexity index is 437. The Morgan fingerprint density at radius 3 is 3.06 bits per heavy atom. The third-order valence-electron chi connectivity index (χ3n) is 2.89. The van der Waals surface area contributed by atoms with Gasteiger partial charge in [0.15, 0.2) is 0 Å². The van der Waals surface area contributed by atoms with Gasteiger partial charge in [0, 0.05) is 6.54 Å². The average Bonchev–Trinajstić information content (AvgIpc) is 2.32. The highest BCUT2D eigenvalue weighted by molar-refractivity contribution is 6.36. The van der Waals surface area contributed by atoms with Crippen LogP contribution in [-0.2, 0) is 4.74 Å². The molecule has 1 amide bonds. The SMILES string of the molecule is C[C@@H]1COCCN1C(=O)c1cccc(N)c1Cl. The third-order valence-corrected chi connectivity index (χ3v) is 3.31. The van der Waals surface area contributed by atoms with E-state index in [1.54, 1.807) is 23.1 Å². The summed E-state index contributed by atoms with van der Waals surface area (Å²) in [6.07, 6.45) is 0.